The van der Waals surface area contributed by atoms with Crippen molar-refractivity contribution < 1.29 is 57.3 Å². The van der Waals surface area contributed by atoms with Gasteiger partial charge in [0.05, 0.1) is 0 Å². The Morgan fingerprint density at radius 3 is 0.520 bits per heavy atom. The first-order valence-electron chi connectivity index (χ1n) is 4.88. The molecule has 1 aromatic rings. The van der Waals surface area contributed by atoms with E-state index in [0.717, 1.165) is 0 Å². The van der Waals surface area contributed by atoms with Crippen molar-refractivity contribution >= 4 is 73.1 Å². The molecule has 0 saturated carbocycles. The number of nitriles is 1. The normalized spacial score (nSPS) is 9.20. The van der Waals surface area contributed by atoms with E-state index in [0.29, 0.717) is 0 Å². The minimum atomic E-state index is -6.00. The standard InChI is InChI=1S/C6H6.CHN.3BF4.K.H2O.H/c1-2-4-6-5-3-1;1-2;3*2-1(3,4)5;;;/h1-6H;1H;;;;;1H2;/q;;3*-1;;;. The van der Waals surface area contributed by atoms with Crippen molar-refractivity contribution in [2.24, 2.45) is 0 Å². The first-order chi connectivity index (χ1) is 10.0. The quantitative estimate of drug-likeness (QED) is 0.454. The molecule has 0 unspecified atom stereocenters. The van der Waals surface area contributed by atoms with E-state index < -0.39 is 21.8 Å². The first kappa shape index (κ1) is 39.6. The van der Waals surface area contributed by atoms with Crippen molar-refractivity contribution in [3.8, 4) is 6.57 Å². The van der Waals surface area contributed by atoms with Crippen molar-refractivity contribution in [2.75, 3.05) is 0 Å². The summed E-state index contributed by atoms with van der Waals surface area (Å²) in [6, 6.07) is 12.0. The van der Waals surface area contributed by atoms with E-state index >= 15 is 0 Å². The topological polar surface area (TPSA) is 55.3 Å². The second kappa shape index (κ2) is 21.7. The SMILES string of the molecule is C#N.F[B-](F)(F)F.F[B-](F)(F)F.F[B-](F)(F)F.O.[KH].c1ccccc1. The summed E-state index contributed by atoms with van der Waals surface area (Å²) in [5.41, 5.74) is 0. The fourth-order valence-electron chi connectivity index (χ4n) is 0.385. The van der Waals surface area contributed by atoms with Crippen LogP contribution < -0.4 is 0 Å². The van der Waals surface area contributed by atoms with Crippen LogP contribution in [0.25, 0.3) is 0 Å². The molecule has 0 aliphatic carbocycles. The maximum atomic E-state index is 9.75. The molecule has 0 aliphatic heterocycles. The number of benzene rings is 1. The van der Waals surface area contributed by atoms with E-state index in [2.05, 4.69) is 6.57 Å². The molecule has 0 radical (unpaired) electrons. The molecule has 0 atom stereocenters. The van der Waals surface area contributed by atoms with Crippen LogP contribution in [0.2, 0.25) is 0 Å². The van der Waals surface area contributed by atoms with Gasteiger partial charge >= 0.3 is 73.1 Å². The number of rotatable bonds is 0. The zero-order chi connectivity index (χ0) is 19.7. The van der Waals surface area contributed by atoms with E-state index in [4.69, 9.17) is 5.26 Å². The summed E-state index contributed by atoms with van der Waals surface area (Å²) in [5, 5.41) is 6.50. The van der Waals surface area contributed by atoms with Crippen molar-refractivity contribution in [3.05, 3.63) is 36.4 Å². The van der Waals surface area contributed by atoms with Gasteiger partial charge in [-0.2, -0.15) is 0 Å². The molecule has 0 heterocycles. The van der Waals surface area contributed by atoms with Gasteiger partial charge in [0.25, 0.3) is 0 Å². The molecule has 1 aromatic carbocycles. The smallest absolute Gasteiger partial charge is 0.0623 e. The minimum Gasteiger partial charge on any atom is -0.0623 e. The van der Waals surface area contributed by atoms with Gasteiger partial charge in [0.1, 0.15) is 0 Å². The van der Waals surface area contributed by atoms with E-state index in [1.807, 2.05) is 36.4 Å². The minimum absolute atomic E-state index is 0. The van der Waals surface area contributed by atoms with Crippen LogP contribution in [0.15, 0.2) is 36.4 Å². The monoisotopic (exact) mass is 424 g/mol. The fourth-order valence-corrected chi connectivity index (χ4v) is 0.385. The Labute approximate surface area is 177 Å². The van der Waals surface area contributed by atoms with E-state index in [9.17, 15) is 51.8 Å². The van der Waals surface area contributed by atoms with Crippen molar-refractivity contribution in [1.29, 1.82) is 5.26 Å². The summed E-state index contributed by atoms with van der Waals surface area (Å²) >= 11 is 0. The maximum absolute atomic E-state index is 9.75. The van der Waals surface area contributed by atoms with Gasteiger partial charge in [-0.3, -0.25) is 0 Å². The summed E-state index contributed by atoms with van der Waals surface area (Å²) in [6.45, 7) is 3.50. The zero-order valence-electron chi connectivity index (χ0n) is 11.3. The zero-order valence-corrected chi connectivity index (χ0v) is 11.3. The molecule has 18 heteroatoms. The molecule has 2 N–H and O–H groups in total. The van der Waals surface area contributed by atoms with Crippen molar-refractivity contribution in [3.63, 3.8) is 0 Å². The van der Waals surface area contributed by atoms with Crippen LogP contribution >= 0.6 is 0 Å². The summed E-state index contributed by atoms with van der Waals surface area (Å²) in [4.78, 5) is 0. The fraction of sp³-hybridized carbons (Fsp3) is 0. The van der Waals surface area contributed by atoms with Gasteiger partial charge in [0.2, 0.25) is 0 Å². The van der Waals surface area contributed by atoms with Gasteiger partial charge < -0.3 is 57.3 Å². The third-order valence-electron chi connectivity index (χ3n) is 0.667. The molecule has 25 heavy (non-hydrogen) atoms. The molecule has 2 nitrogen and oxygen atoms in total. The summed E-state index contributed by atoms with van der Waals surface area (Å²) in [6.07, 6.45) is 0. The van der Waals surface area contributed by atoms with E-state index in [1.165, 1.54) is 0 Å². The van der Waals surface area contributed by atoms with Gasteiger partial charge in [-0.25, -0.2) is 5.26 Å². The second-order valence-corrected chi connectivity index (χ2v) is 2.64. The Kier molecular flexibility index (Phi) is 34.4. The molecule has 0 aromatic heterocycles. The second-order valence-electron chi connectivity index (χ2n) is 2.64. The molecular weight excluding hydrogens is 414 g/mol. The largest absolute Gasteiger partial charge is 0.0623 e. The van der Waals surface area contributed by atoms with Gasteiger partial charge in [-0.1, -0.05) is 36.4 Å². The molecule has 0 fully saturated rings. The van der Waals surface area contributed by atoms with E-state index in [1.54, 1.807) is 0 Å². The number of nitrogens with zero attached hydrogens (tertiary/aromatic N) is 1. The average molecular weight is 424 g/mol. The predicted molar refractivity (Wildman–Crippen MR) is 74.4 cm³/mol. The predicted octanol–water partition coefficient (Wildman–Crippen LogP) is 4.25. The third-order valence-corrected chi connectivity index (χ3v) is 0.667. The molecule has 0 amide bonds. The Morgan fingerprint density at radius 1 is 0.440 bits per heavy atom. The van der Waals surface area contributed by atoms with Crippen LogP contribution in [-0.4, -0.2) is 78.6 Å². The molecule has 0 aliphatic rings. The van der Waals surface area contributed by atoms with Gasteiger partial charge in [-0.15, -0.1) is 0 Å². The van der Waals surface area contributed by atoms with Crippen LogP contribution in [0.5, 0.6) is 0 Å². The molecule has 146 valence electrons. The number of hydrogen-bond acceptors (Lipinski definition) is 1. The Hall–Kier alpha value is -0.339. The molecule has 0 saturated heterocycles. The maximum Gasteiger partial charge on any atom is -0.0623 e. The van der Waals surface area contributed by atoms with Crippen LogP contribution in [0.1, 0.15) is 0 Å². The molecular formula is C7H10B3F12KNO-3. The van der Waals surface area contributed by atoms with Crippen molar-refractivity contribution in [2.45, 2.75) is 0 Å². The molecule has 1 rings (SSSR count). The summed E-state index contributed by atoms with van der Waals surface area (Å²) < 4.78 is 117. The number of hydrogen-bond donors (Lipinski definition) is 0. The van der Waals surface area contributed by atoms with Gasteiger partial charge in [-0.05, 0) is 0 Å². The van der Waals surface area contributed by atoms with Crippen LogP contribution in [-0.2, 0) is 0 Å². The first-order valence-corrected chi connectivity index (χ1v) is 4.88. The molecule has 0 spiro atoms. The van der Waals surface area contributed by atoms with Crippen LogP contribution in [0, 0.1) is 11.8 Å². The summed E-state index contributed by atoms with van der Waals surface area (Å²) in [5.74, 6) is 0. The Morgan fingerprint density at radius 2 is 0.480 bits per heavy atom. The van der Waals surface area contributed by atoms with Crippen molar-refractivity contribution in [1.82, 2.24) is 0 Å². The van der Waals surface area contributed by atoms with E-state index in [-0.39, 0.29) is 56.9 Å². The Bertz CT molecular complexity index is 298. The van der Waals surface area contributed by atoms with Crippen LogP contribution in [0.4, 0.5) is 51.8 Å². The van der Waals surface area contributed by atoms with Crippen LogP contribution in [0.3, 0.4) is 0 Å². The summed E-state index contributed by atoms with van der Waals surface area (Å²) in [7, 11) is -18.0. The third kappa shape index (κ3) is 346. The average Bonchev–Trinajstić information content (AvgIpc) is 2.27. The molecule has 0 bridgehead atoms. The van der Waals surface area contributed by atoms with Gasteiger partial charge in [0.15, 0.2) is 0 Å². The Balaban J connectivity index is -0.0000000456. The number of halogens is 12. The van der Waals surface area contributed by atoms with Gasteiger partial charge in [0, 0.05) is 6.57 Å².